The lowest BCUT2D eigenvalue weighted by atomic mass is 9.89. The number of carboxylic acids is 9. The number of nitrogens with zero attached hydrogens (tertiary/aromatic N) is 5. The molecule has 0 aliphatic carbocycles. The number of carbonyl (C=O) groups excluding carboxylic acids is 4. The van der Waals surface area contributed by atoms with Gasteiger partial charge in [0.25, 0.3) is 22.4 Å². The van der Waals surface area contributed by atoms with Crippen LogP contribution in [0.5, 0.6) is 0 Å². The number of amides is 4. The number of benzene rings is 4. The standard InChI is InChI=1S/C20H23NO6.C19H28N2O7.C19H26N2O5.C18H24N2O5.C11H16N2O5/c1-19(2,3)27-20(17(23)24,18(25)26)12-13-7-9-14(10-8-13)15-6-5-11-21(4)16(15)22;1-18(2,3)28-19(16(24)25,17(26)27)11-13-5-7-14(8-6-13)20-9-10-21(4)12-15(22)23;1-13(22)19(16(23)24,26-18(2,3)4)12-14-6-8-15(9-7-14)21-11-5-10-20-17(21)25;1-17(2,3)25-18(12-21,15(22)23)11-13-5-7-14(8-6-13)20-10-4-9-19-16(20)24;1-10(2,3)18-11(8(14)15,9(16)17)6-7-4-5-12-13-7/h5-11H,12H2,1-4H3,(H,23,24)(H,25,26);5-8,20H,9-12H2,1-4H3,(H,22,23)(H,24,25)(H,26,27);6-9H,5,10-12H2,1-4H3,(H,20,25)(H,23,24);5-8,12H,4,9-11H2,1-3H3,(H,19,24)(H,22,23);4-5H,6H2,1-3H3,(H,12,13)(H,14,15)(H,16,17). The summed E-state index contributed by atoms with van der Waals surface area (Å²) in [5.74, 6) is -13.4. The van der Waals surface area contributed by atoms with Crippen LogP contribution in [0, 0.1) is 0 Å². The number of aromatic nitrogens is 3. The number of ketones is 1. The molecule has 0 radical (unpaired) electrons. The normalized spacial score (nSPS) is 14.3. The van der Waals surface area contributed by atoms with E-state index >= 15 is 0 Å². The van der Waals surface area contributed by atoms with Gasteiger partial charge < -0.3 is 90.2 Å². The van der Waals surface area contributed by atoms with Crippen molar-refractivity contribution in [2.75, 3.05) is 68.0 Å². The number of aromatic amines is 1. The minimum Gasteiger partial charge on any atom is -0.480 e. The van der Waals surface area contributed by atoms with E-state index in [1.165, 1.54) is 23.8 Å². The first-order chi connectivity index (χ1) is 57.2. The molecule has 678 valence electrons. The van der Waals surface area contributed by atoms with Crippen LogP contribution >= 0.6 is 0 Å². The molecule has 0 spiro atoms. The Morgan fingerprint density at radius 3 is 1.15 bits per heavy atom. The lowest BCUT2D eigenvalue weighted by Crippen LogP contribution is -2.54. The van der Waals surface area contributed by atoms with Gasteiger partial charge >= 0.3 is 65.8 Å². The van der Waals surface area contributed by atoms with Crippen LogP contribution < -0.4 is 31.3 Å². The van der Waals surface area contributed by atoms with Crippen LogP contribution in [-0.2, 0) is 116 Å². The number of anilines is 3. The monoisotopic (exact) mass is 1740 g/mol. The van der Waals surface area contributed by atoms with Crippen LogP contribution in [0.4, 0.5) is 26.7 Å². The molecule has 4 heterocycles. The third-order valence-corrected chi connectivity index (χ3v) is 18.0. The van der Waals surface area contributed by atoms with E-state index in [2.05, 4.69) is 26.1 Å². The molecule has 2 unspecified atom stereocenters. The van der Waals surface area contributed by atoms with E-state index in [1.54, 1.807) is 248 Å². The zero-order valence-electron chi connectivity index (χ0n) is 73.1. The first kappa shape index (κ1) is 104. The van der Waals surface area contributed by atoms with Crippen LogP contribution in [-0.4, -0.2) is 252 Å². The molecule has 8 rings (SSSR count). The minimum atomic E-state index is -2.40. The number of aryl methyl sites for hydroxylation is 1. The molecule has 37 heteroatoms. The molecule has 124 heavy (non-hydrogen) atoms. The van der Waals surface area contributed by atoms with E-state index in [0.29, 0.717) is 84.6 Å². The smallest absolute Gasteiger partial charge is 0.348 e. The second kappa shape index (κ2) is 43.7. The van der Waals surface area contributed by atoms with Gasteiger partial charge in [-0.3, -0.25) is 39.0 Å². The number of carbonyl (C=O) groups is 13. The number of likely N-dealkylation sites (N-methyl/N-ethyl adjacent to an activating group) is 1. The molecule has 2 aliphatic heterocycles. The van der Waals surface area contributed by atoms with Crippen LogP contribution in [0.2, 0.25) is 0 Å². The van der Waals surface area contributed by atoms with Gasteiger partial charge in [-0.2, -0.15) is 5.10 Å². The number of urea groups is 2. The van der Waals surface area contributed by atoms with Gasteiger partial charge in [0.2, 0.25) is 11.2 Å². The predicted molar refractivity (Wildman–Crippen MR) is 454 cm³/mol. The molecule has 6 aromatic rings. The average Bonchev–Trinajstić information content (AvgIpc) is 0.811. The molecule has 37 nitrogen and oxygen atoms in total. The van der Waals surface area contributed by atoms with Crippen molar-refractivity contribution in [3.63, 3.8) is 0 Å². The Bertz CT molecular complexity index is 4690. The zero-order chi connectivity index (χ0) is 94.1. The van der Waals surface area contributed by atoms with Crippen LogP contribution in [0.25, 0.3) is 11.1 Å². The summed E-state index contributed by atoms with van der Waals surface area (Å²) in [7, 11) is 3.35. The number of hydrogen-bond donors (Lipinski definition) is 13. The molecule has 4 amide bonds. The van der Waals surface area contributed by atoms with Gasteiger partial charge in [0.1, 0.15) is 0 Å². The Balaban J connectivity index is 0.000000327. The number of aldehydes is 1. The maximum absolute atomic E-state index is 12.2. The quantitative estimate of drug-likeness (QED) is 0.0133. The van der Waals surface area contributed by atoms with Gasteiger partial charge in [-0.15, -0.1) is 0 Å². The largest absolute Gasteiger partial charge is 0.480 e. The SMILES string of the molecule is CC(=O)C(Cc1ccc(N2CCCNC2=O)cc1)(OC(C)(C)C)C(=O)O.CC(C)(C)OC(C=O)(Cc1ccc(N2CCCNC2=O)cc1)C(=O)O.CC(C)(C)OC(Cc1ccn[nH]1)(C(=O)O)C(=O)O.CN(CCNc1ccc(CC(OC(C)(C)C)(C(=O)O)C(=O)O)cc1)CC(=O)O.Cn1cccc(-c2ccc(CC(OC(C)(C)C)(C(=O)O)C(=O)O)cc2)c1=O. The Morgan fingerprint density at radius 2 is 0.823 bits per heavy atom. The number of rotatable bonds is 34. The molecule has 0 saturated carbocycles. The second-order valence-electron chi connectivity index (χ2n) is 34.4. The number of H-pyrrole nitrogens is 1. The van der Waals surface area contributed by atoms with Gasteiger partial charge in [0.05, 0.1) is 34.6 Å². The summed E-state index contributed by atoms with van der Waals surface area (Å²) in [5.41, 5.74) is -9.56. The van der Waals surface area contributed by atoms with E-state index in [-0.39, 0.29) is 56.3 Å². The van der Waals surface area contributed by atoms with Crippen molar-refractivity contribution in [3.05, 3.63) is 166 Å². The van der Waals surface area contributed by atoms with E-state index in [9.17, 15) is 108 Å². The molecular weight excluding hydrogens is 1620 g/mol. The highest BCUT2D eigenvalue weighted by atomic mass is 16.6. The number of hydrogen-bond acceptors (Lipinski definition) is 22. The molecule has 13 N–H and O–H groups in total. The van der Waals surface area contributed by atoms with Crippen molar-refractivity contribution in [2.24, 2.45) is 7.05 Å². The summed E-state index contributed by atoms with van der Waals surface area (Å²) in [6.45, 7) is 29.4. The molecule has 2 aromatic heterocycles. The molecule has 2 fully saturated rings. The molecule has 2 aliphatic rings. The number of ether oxygens (including phenoxy) is 5. The van der Waals surface area contributed by atoms with Crippen molar-refractivity contribution in [1.29, 1.82) is 0 Å². The second-order valence-corrected chi connectivity index (χ2v) is 34.4. The first-order valence-electron chi connectivity index (χ1n) is 39.3. The zero-order valence-corrected chi connectivity index (χ0v) is 73.1. The summed E-state index contributed by atoms with van der Waals surface area (Å²) in [5, 5.41) is 99.5. The van der Waals surface area contributed by atoms with Crippen molar-refractivity contribution in [1.82, 2.24) is 30.3 Å². The summed E-state index contributed by atoms with van der Waals surface area (Å²) in [6, 6.07) is 31.7. The fraction of sp³-hybridized carbons (Fsp3) is 0.483. The number of carboxylic acid groups (broad SMARTS) is 9. The van der Waals surface area contributed by atoms with Gasteiger partial charge in [-0.1, -0.05) is 60.7 Å². The van der Waals surface area contributed by atoms with E-state index in [0.717, 1.165) is 29.9 Å². The van der Waals surface area contributed by atoms with Crippen LogP contribution in [0.3, 0.4) is 0 Å². The first-order valence-corrected chi connectivity index (χ1v) is 39.3. The lowest BCUT2D eigenvalue weighted by Gasteiger charge is -2.34. The molecule has 2 saturated heterocycles. The Kier molecular flexibility index (Phi) is 36.6. The fourth-order valence-electron chi connectivity index (χ4n) is 12.7. The van der Waals surface area contributed by atoms with Gasteiger partial charge in [0, 0.05) is 119 Å². The number of Topliss-reactive ketones (excluding diaryl/α,β-unsaturated/α-hetero) is 1. The van der Waals surface area contributed by atoms with Crippen LogP contribution in [0.1, 0.15) is 152 Å². The Hall–Kier alpha value is -12.3. The summed E-state index contributed by atoms with van der Waals surface area (Å²) in [4.78, 5) is 168. The van der Waals surface area contributed by atoms with E-state index in [1.807, 2.05) is 0 Å². The molecule has 4 aromatic carbocycles. The van der Waals surface area contributed by atoms with E-state index in [4.69, 9.17) is 28.8 Å². The maximum Gasteiger partial charge on any atom is 0.348 e. The highest BCUT2D eigenvalue weighted by Gasteiger charge is 2.54. The fourth-order valence-corrected chi connectivity index (χ4v) is 12.7. The maximum atomic E-state index is 12.2. The van der Waals surface area contributed by atoms with Crippen molar-refractivity contribution < 1.29 is 132 Å². The Morgan fingerprint density at radius 1 is 0.468 bits per heavy atom. The van der Waals surface area contributed by atoms with Crippen LogP contribution in [0.15, 0.2) is 132 Å². The summed E-state index contributed by atoms with van der Waals surface area (Å²) < 4.78 is 28.9. The van der Waals surface area contributed by atoms with Gasteiger partial charge in [-0.05, 0) is 213 Å². The topological polar surface area (TPSA) is 547 Å². The van der Waals surface area contributed by atoms with Crippen molar-refractivity contribution >= 4 is 94.9 Å². The molecule has 0 bridgehead atoms. The van der Waals surface area contributed by atoms with Crippen molar-refractivity contribution in [2.45, 2.75) is 212 Å². The van der Waals surface area contributed by atoms with Gasteiger partial charge in [0.15, 0.2) is 12.1 Å². The Labute approximate surface area is 718 Å². The van der Waals surface area contributed by atoms with E-state index < -0.39 is 116 Å². The molecular formula is C87H117N9O28. The average molecular weight is 1740 g/mol. The third-order valence-electron chi connectivity index (χ3n) is 18.0. The number of aliphatic carboxylic acids is 9. The summed E-state index contributed by atoms with van der Waals surface area (Å²) >= 11 is 0. The minimum absolute atomic E-state index is 0.0547. The highest BCUT2D eigenvalue weighted by Crippen LogP contribution is 2.33. The number of pyridine rings is 1. The van der Waals surface area contributed by atoms with Crippen molar-refractivity contribution in [3.8, 4) is 11.1 Å². The third kappa shape index (κ3) is 30.9. The summed E-state index contributed by atoms with van der Waals surface area (Å²) in [6.07, 6.45) is 3.97. The number of nitrogens with one attached hydrogen (secondary N) is 4. The van der Waals surface area contributed by atoms with Gasteiger partial charge in [-0.25, -0.2) is 47.9 Å². The predicted octanol–water partition coefficient (Wildman–Crippen LogP) is 8.74. The lowest BCUT2D eigenvalue weighted by molar-refractivity contribution is -0.200. The molecule has 2 atom stereocenters. The highest BCUT2D eigenvalue weighted by molar-refractivity contribution is 6.06.